The molecule has 0 unspecified atom stereocenters. The lowest BCUT2D eigenvalue weighted by atomic mass is 10.1. The number of rotatable bonds is 1. The molecule has 0 aliphatic carbocycles. The van der Waals surface area contributed by atoms with E-state index >= 15 is 0 Å². The largest absolute Gasteiger partial charge is 0.503 e. The summed E-state index contributed by atoms with van der Waals surface area (Å²) in [5, 5.41) is 11.7. The Morgan fingerprint density at radius 2 is 1.78 bits per heavy atom. The Hall–Kier alpha value is -2.75. The Kier molecular flexibility index (Phi) is 3.22. The number of carbonyl (C=O) groups excluding carboxylic acids is 2. The van der Waals surface area contributed by atoms with E-state index in [0.717, 1.165) is 12.1 Å². The molecule has 3 rings (SSSR count). The first kappa shape index (κ1) is 15.2. The van der Waals surface area contributed by atoms with Crippen LogP contribution in [0.15, 0.2) is 21.4 Å². The lowest BCUT2D eigenvalue weighted by molar-refractivity contribution is 0.0880. The van der Waals surface area contributed by atoms with Crippen LogP contribution < -0.4 is 16.6 Å². The zero-order valence-electron chi connectivity index (χ0n) is 11.0. The summed E-state index contributed by atoms with van der Waals surface area (Å²) in [6.45, 7) is 0. The third kappa shape index (κ3) is 2.02. The third-order valence-corrected chi connectivity index (χ3v) is 3.89. The second kappa shape index (κ2) is 4.88. The van der Waals surface area contributed by atoms with Gasteiger partial charge in [-0.15, -0.1) is 0 Å². The highest BCUT2D eigenvalue weighted by molar-refractivity contribution is 9.10. The number of amides is 2. The quantitative estimate of drug-likeness (QED) is 0.501. The number of nitrogens with one attached hydrogen (secondary N) is 1. The number of nitrogen functional groups attached to an aromatic ring is 1. The molecule has 0 atom stereocenters. The summed E-state index contributed by atoms with van der Waals surface area (Å²) in [5.74, 6) is -6.23. The average Bonchev–Trinajstić information content (AvgIpc) is 2.76. The van der Waals surface area contributed by atoms with Crippen LogP contribution in [0.3, 0.4) is 0 Å². The number of fused-ring (bicyclic) bond motifs is 1. The molecule has 1 aliphatic rings. The van der Waals surface area contributed by atoms with E-state index in [4.69, 9.17) is 5.73 Å². The maximum Gasteiger partial charge on any atom is 0.262 e. The zero-order valence-corrected chi connectivity index (χ0v) is 12.6. The van der Waals surface area contributed by atoms with Crippen molar-refractivity contribution in [2.24, 2.45) is 0 Å². The minimum Gasteiger partial charge on any atom is -0.503 e. The molecule has 1 aromatic carbocycles. The number of carbonyl (C=O) groups is 2. The van der Waals surface area contributed by atoms with Crippen molar-refractivity contribution in [3.05, 3.63) is 49.7 Å². The summed E-state index contributed by atoms with van der Waals surface area (Å²) in [6.07, 6.45) is 0. The second-order valence-corrected chi connectivity index (χ2v) is 5.48. The van der Waals surface area contributed by atoms with E-state index in [2.05, 4.69) is 15.9 Å². The summed E-state index contributed by atoms with van der Waals surface area (Å²) in [6, 6.07) is 1.74. The van der Waals surface area contributed by atoms with E-state index in [1.807, 2.05) is 5.32 Å². The maximum atomic E-state index is 13.7. The molecular weight excluding hydrogens is 380 g/mol. The highest BCUT2D eigenvalue weighted by Gasteiger charge is 2.32. The average molecular weight is 386 g/mol. The lowest BCUT2D eigenvalue weighted by Gasteiger charge is -2.14. The number of pyridine rings is 1. The smallest absolute Gasteiger partial charge is 0.262 e. The van der Waals surface area contributed by atoms with Crippen molar-refractivity contribution in [3.63, 3.8) is 0 Å². The highest BCUT2D eigenvalue weighted by atomic mass is 79.9. The normalized spacial score (nSPS) is 13.2. The molecule has 1 aliphatic heterocycles. The van der Waals surface area contributed by atoms with Gasteiger partial charge in [-0.2, -0.15) is 4.39 Å². The molecule has 0 spiro atoms. The Morgan fingerprint density at radius 1 is 1.13 bits per heavy atom. The Labute approximate surface area is 134 Å². The summed E-state index contributed by atoms with van der Waals surface area (Å²) >= 11 is 2.75. The van der Waals surface area contributed by atoms with Crippen molar-refractivity contribution in [2.45, 2.75) is 0 Å². The molecule has 7 nitrogen and oxygen atoms in total. The molecular formula is C13H6BrF2N3O4. The number of benzene rings is 1. The number of aromatic nitrogens is 1. The number of aromatic hydroxyl groups is 1. The molecule has 2 aromatic rings. The van der Waals surface area contributed by atoms with Gasteiger partial charge >= 0.3 is 0 Å². The Morgan fingerprint density at radius 3 is 2.43 bits per heavy atom. The predicted octanol–water partition coefficient (Wildman–Crippen LogP) is 1.05. The van der Waals surface area contributed by atoms with Crippen LogP contribution in [0.5, 0.6) is 5.75 Å². The second-order valence-electron chi connectivity index (χ2n) is 4.63. The molecule has 0 saturated heterocycles. The third-order valence-electron chi connectivity index (χ3n) is 3.31. The van der Waals surface area contributed by atoms with Crippen molar-refractivity contribution in [3.8, 4) is 11.4 Å². The van der Waals surface area contributed by atoms with Crippen LogP contribution in [-0.4, -0.2) is 21.5 Å². The first-order valence-electron chi connectivity index (χ1n) is 6.02. The Bertz CT molecular complexity index is 971. The van der Waals surface area contributed by atoms with Gasteiger partial charge < -0.3 is 10.8 Å². The van der Waals surface area contributed by atoms with Crippen molar-refractivity contribution in [2.75, 3.05) is 5.73 Å². The molecule has 0 saturated carbocycles. The van der Waals surface area contributed by atoms with Gasteiger partial charge in [0.15, 0.2) is 11.6 Å². The number of hydrogen-bond donors (Lipinski definition) is 3. The minimum atomic E-state index is -1.60. The number of nitrogens with zero attached hydrogens (tertiary/aromatic N) is 1. The number of nitrogens with two attached hydrogens (primary N) is 1. The van der Waals surface area contributed by atoms with Gasteiger partial charge in [0, 0.05) is 6.07 Å². The fourth-order valence-corrected chi connectivity index (χ4v) is 2.66. The topological polar surface area (TPSA) is 114 Å². The first-order chi connectivity index (χ1) is 10.7. The first-order valence-corrected chi connectivity index (χ1v) is 6.81. The van der Waals surface area contributed by atoms with E-state index in [1.165, 1.54) is 0 Å². The fraction of sp³-hybridized carbons (Fsp3) is 0. The maximum absolute atomic E-state index is 13.7. The fourth-order valence-electron chi connectivity index (χ4n) is 2.27. The summed E-state index contributed by atoms with van der Waals surface area (Å²) in [5.41, 5.74) is 3.84. The minimum absolute atomic E-state index is 0.227. The van der Waals surface area contributed by atoms with E-state index in [1.54, 1.807) is 0 Å². The molecule has 118 valence electrons. The zero-order chi connectivity index (χ0) is 17.0. The molecule has 4 N–H and O–H groups in total. The van der Waals surface area contributed by atoms with E-state index in [0.29, 0.717) is 4.57 Å². The predicted molar refractivity (Wildman–Crippen MR) is 77.5 cm³/mol. The molecule has 10 heteroatoms. The molecule has 0 fully saturated rings. The van der Waals surface area contributed by atoms with E-state index in [9.17, 15) is 28.3 Å². The van der Waals surface area contributed by atoms with Crippen LogP contribution in [0.25, 0.3) is 5.69 Å². The number of anilines is 1. The standard InChI is InChI=1S/C13H6BrF2N3O4/c14-4-2-5(10(21)9(16)8(4)15)19-6(20)1-3-7(11(19)17)13(23)18-12(3)22/h1-2,21H,17H2,(H,18,22,23). The van der Waals surface area contributed by atoms with Crippen molar-refractivity contribution in [1.29, 1.82) is 0 Å². The van der Waals surface area contributed by atoms with Gasteiger partial charge in [0.2, 0.25) is 5.82 Å². The number of phenolic OH excluding ortho intramolecular Hbond substituents is 1. The van der Waals surface area contributed by atoms with Crippen LogP contribution >= 0.6 is 15.9 Å². The van der Waals surface area contributed by atoms with Crippen LogP contribution in [-0.2, 0) is 0 Å². The molecule has 23 heavy (non-hydrogen) atoms. The van der Waals surface area contributed by atoms with Crippen LogP contribution in [0, 0.1) is 11.6 Å². The molecule has 2 amide bonds. The van der Waals surface area contributed by atoms with Crippen molar-refractivity contribution >= 4 is 33.6 Å². The van der Waals surface area contributed by atoms with Gasteiger partial charge in [0.05, 0.1) is 21.3 Å². The number of halogens is 3. The van der Waals surface area contributed by atoms with Gasteiger partial charge in [0.1, 0.15) is 5.82 Å². The summed E-state index contributed by atoms with van der Waals surface area (Å²) < 4.78 is 27.3. The van der Waals surface area contributed by atoms with Gasteiger partial charge in [0.25, 0.3) is 17.4 Å². The van der Waals surface area contributed by atoms with Gasteiger partial charge in [-0.05, 0) is 22.0 Å². The van der Waals surface area contributed by atoms with Gasteiger partial charge in [-0.3, -0.25) is 24.3 Å². The van der Waals surface area contributed by atoms with Crippen LogP contribution in [0.1, 0.15) is 20.7 Å². The summed E-state index contributed by atoms with van der Waals surface area (Å²) in [7, 11) is 0. The lowest BCUT2D eigenvalue weighted by Crippen LogP contribution is -2.24. The number of phenols is 1. The van der Waals surface area contributed by atoms with E-state index in [-0.39, 0.29) is 15.6 Å². The van der Waals surface area contributed by atoms with Crippen LogP contribution in [0.2, 0.25) is 0 Å². The molecule has 2 heterocycles. The number of hydrogen-bond acceptors (Lipinski definition) is 5. The molecule has 1 aromatic heterocycles. The van der Waals surface area contributed by atoms with Crippen molar-refractivity contribution in [1.82, 2.24) is 9.88 Å². The SMILES string of the molecule is Nc1c2c(cc(=O)n1-c1cc(Br)c(F)c(F)c1O)C(=O)NC2=O. The monoisotopic (exact) mass is 385 g/mol. The van der Waals surface area contributed by atoms with E-state index < -0.39 is 46.3 Å². The molecule has 0 bridgehead atoms. The van der Waals surface area contributed by atoms with Gasteiger partial charge in [-0.25, -0.2) is 4.39 Å². The van der Waals surface area contributed by atoms with Crippen LogP contribution in [0.4, 0.5) is 14.6 Å². The number of imide groups is 1. The highest BCUT2D eigenvalue weighted by Crippen LogP contribution is 2.34. The summed E-state index contributed by atoms with van der Waals surface area (Å²) in [4.78, 5) is 35.4. The molecule has 0 radical (unpaired) electrons. The Balaban J connectivity index is 2.41. The van der Waals surface area contributed by atoms with Crippen molar-refractivity contribution < 1.29 is 23.5 Å². The van der Waals surface area contributed by atoms with Gasteiger partial charge in [-0.1, -0.05) is 0 Å².